The highest BCUT2D eigenvalue weighted by Gasteiger charge is 2.13. The highest BCUT2D eigenvalue weighted by Crippen LogP contribution is 2.24. The number of nitrogens with one attached hydrogen (secondary N) is 1. The van der Waals surface area contributed by atoms with Gasteiger partial charge in [-0.05, 0) is 31.0 Å². The van der Waals surface area contributed by atoms with Crippen molar-refractivity contribution in [3.05, 3.63) is 48.3 Å². The second-order valence-electron chi connectivity index (χ2n) is 6.13. The van der Waals surface area contributed by atoms with Crippen LogP contribution in [0.3, 0.4) is 0 Å². The lowest BCUT2D eigenvalue weighted by molar-refractivity contribution is -0.246. The fourth-order valence-electron chi connectivity index (χ4n) is 2.79. The summed E-state index contributed by atoms with van der Waals surface area (Å²) in [6, 6.07) is 7.86. The van der Waals surface area contributed by atoms with E-state index in [2.05, 4.69) is 20.3 Å². The molecule has 29 heavy (non-hydrogen) atoms. The molecule has 10 nitrogen and oxygen atoms in total. The maximum atomic E-state index is 11.3. The number of anilines is 2. The number of primary sulfonamides is 1. The molecule has 0 saturated carbocycles. The molecule has 0 atom stereocenters. The van der Waals surface area contributed by atoms with Crippen molar-refractivity contribution in [1.82, 2.24) is 15.0 Å². The molecule has 2 aromatic heterocycles. The number of nitrogens with zero attached hydrogens (tertiary/aromatic N) is 4. The van der Waals surface area contributed by atoms with Crippen LogP contribution >= 0.6 is 0 Å². The topological polar surface area (TPSA) is 154 Å². The molecule has 0 aliphatic rings. The highest BCUT2D eigenvalue weighted by molar-refractivity contribution is 7.89. The number of aromatic nitrogens is 3. The number of carbonyl (C=O) groups is 1. The standard InChI is InChI=1S/C18H20N6O4S/c1-2-24(18(25)26)15-11-14(16-17(23-15)22-10-9-21-16)20-8-7-12-3-5-13(6-4-12)29(19,27)28/h3-6,9-11H,2,7-8H2,1H3,(H,25,26)(H2,19,27,28)(H,20,22,23)/p-1. The second kappa shape index (κ2) is 8.37. The van der Waals surface area contributed by atoms with Crippen LogP contribution in [0.15, 0.2) is 47.6 Å². The zero-order chi connectivity index (χ0) is 21.0. The first-order valence-corrected chi connectivity index (χ1v) is 10.3. The summed E-state index contributed by atoms with van der Waals surface area (Å²) in [5.74, 6) is 0.195. The second-order valence-corrected chi connectivity index (χ2v) is 7.69. The predicted molar refractivity (Wildman–Crippen MR) is 106 cm³/mol. The zero-order valence-electron chi connectivity index (χ0n) is 15.6. The maximum Gasteiger partial charge on any atom is 0.238 e. The van der Waals surface area contributed by atoms with Crippen molar-refractivity contribution in [2.24, 2.45) is 5.14 Å². The van der Waals surface area contributed by atoms with Crippen molar-refractivity contribution in [3.63, 3.8) is 0 Å². The van der Waals surface area contributed by atoms with Gasteiger partial charge < -0.3 is 20.1 Å². The smallest absolute Gasteiger partial charge is 0.238 e. The molecule has 0 spiro atoms. The number of amides is 1. The molecule has 1 aromatic carbocycles. The summed E-state index contributed by atoms with van der Waals surface area (Å²) < 4.78 is 22.6. The van der Waals surface area contributed by atoms with E-state index in [9.17, 15) is 18.3 Å². The van der Waals surface area contributed by atoms with E-state index >= 15 is 0 Å². The molecule has 0 radical (unpaired) electrons. The molecule has 0 saturated heterocycles. The number of benzene rings is 1. The van der Waals surface area contributed by atoms with E-state index in [0.29, 0.717) is 29.8 Å². The van der Waals surface area contributed by atoms with Gasteiger partial charge in [0, 0.05) is 31.5 Å². The molecule has 1 amide bonds. The van der Waals surface area contributed by atoms with Crippen molar-refractivity contribution in [2.45, 2.75) is 18.2 Å². The summed E-state index contributed by atoms with van der Waals surface area (Å²) in [6.45, 7) is 2.34. The van der Waals surface area contributed by atoms with E-state index in [1.54, 1.807) is 25.1 Å². The van der Waals surface area contributed by atoms with Crippen molar-refractivity contribution >= 4 is 38.8 Å². The van der Waals surface area contributed by atoms with Gasteiger partial charge in [-0.25, -0.2) is 28.5 Å². The summed E-state index contributed by atoms with van der Waals surface area (Å²) in [5, 5.41) is 19.7. The molecular weight excluding hydrogens is 396 g/mol. The third kappa shape index (κ3) is 4.76. The minimum absolute atomic E-state index is 0.0520. The van der Waals surface area contributed by atoms with Gasteiger partial charge in [0.25, 0.3) is 0 Å². The predicted octanol–water partition coefficient (Wildman–Crippen LogP) is 0.496. The third-order valence-electron chi connectivity index (χ3n) is 4.22. The quantitative estimate of drug-likeness (QED) is 0.565. The number of sulfonamides is 1. The van der Waals surface area contributed by atoms with Gasteiger partial charge in [-0.1, -0.05) is 12.1 Å². The summed E-state index contributed by atoms with van der Waals surface area (Å²) in [4.78, 5) is 25.1. The van der Waals surface area contributed by atoms with Crippen molar-refractivity contribution < 1.29 is 18.3 Å². The highest BCUT2D eigenvalue weighted by atomic mass is 32.2. The Hall–Kier alpha value is -3.31. The van der Waals surface area contributed by atoms with Gasteiger partial charge >= 0.3 is 0 Å². The van der Waals surface area contributed by atoms with Crippen LogP contribution in [0.5, 0.6) is 0 Å². The number of nitrogens with two attached hydrogens (primary N) is 1. The molecule has 0 unspecified atom stereocenters. The Morgan fingerprint density at radius 3 is 2.52 bits per heavy atom. The van der Waals surface area contributed by atoms with Crippen LogP contribution in [0.2, 0.25) is 0 Å². The van der Waals surface area contributed by atoms with E-state index in [-0.39, 0.29) is 17.3 Å². The SMILES string of the molecule is CCN(C(=O)[O-])c1cc(NCCc2ccc(S(N)(=O)=O)cc2)c2nccnc2n1. The van der Waals surface area contributed by atoms with Gasteiger partial charge in [-0.15, -0.1) is 0 Å². The van der Waals surface area contributed by atoms with E-state index in [1.165, 1.54) is 24.5 Å². The van der Waals surface area contributed by atoms with Crippen molar-refractivity contribution in [3.8, 4) is 0 Å². The minimum atomic E-state index is -3.73. The van der Waals surface area contributed by atoms with Crippen LogP contribution in [0, 0.1) is 0 Å². The Labute approximate surface area is 167 Å². The molecule has 3 N–H and O–H groups in total. The Bertz CT molecular complexity index is 1130. The Morgan fingerprint density at radius 1 is 1.21 bits per heavy atom. The third-order valence-corrected chi connectivity index (χ3v) is 5.15. The molecule has 0 aliphatic carbocycles. The largest absolute Gasteiger partial charge is 0.530 e. The van der Waals surface area contributed by atoms with Crippen LogP contribution in [0.1, 0.15) is 12.5 Å². The zero-order valence-corrected chi connectivity index (χ0v) is 16.4. The molecule has 2 heterocycles. The van der Waals surface area contributed by atoms with Gasteiger partial charge in [-0.3, -0.25) is 0 Å². The van der Waals surface area contributed by atoms with Crippen LogP contribution in [0.4, 0.5) is 16.3 Å². The lowest BCUT2D eigenvalue weighted by Gasteiger charge is -2.23. The Morgan fingerprint density at radius 2 is 1.90 bits per heavy atom. The summed E-state index contributed by atoms with van der Waals surface area (Å²) in [6.07, 6.45) is 2.23. The van der Waals surface area contributed by atoms with Gasteiger partial charge in [0.15, 0.2) is 5.65 Å². The lowest BCUT2D eigenvalue weighted by Crippen LogP contribution is -2.41. The molecule has 152 valence electrons. The van der Waals surface area contributed by atoms with Crippen molar-refractivity contribution in [2.75, 3.05) is 23.3 Å². The molecule has 0 fully saturated rings. The molecular formula is C18H19N6O4S-. The molecule has 11 heteroatoms. The average Bonchev–Trinajstić information content (AvgIpc) is 2.68. The summed E-state index contributed by atoms with van der Waals surface area (Å²) >= 11 is 0. The minimum Gasteiger partial charge on any atom is -0.530 e. The Balaban J connectivity index is 1.81. The normalized spacial score (nSPS) is 11.4. The number of fused-ring (bicyclic) bond motifs is 1. The van der Waals surface area contributed by atoms with Crippen LogP contribution in [0.25, 0.3) is 11.2 Å². The molecule has 0 aliphatic heterocycles. The van der Waals surface area contributed by atoms with Gasteiger partial charge in [0.05, 0.1) is 10.6 Å². The first-order valence-electron chi connectivity index (χ1n) is 8.75. The number of carboxylic acid groups (broad SMARTS) is 1. The molecule has 3 aromatic rings. The van der Waals surface area contributed by atoms with Crippen LogP contribution in [-0.2, 0) is 16.4 Å². The first-order chi connectivity index (χ1) is 13.8. The fourth-order valence-corrected chi connectivity index (χ4v) is 3.30. The summed E-state index contributed by atoms with van der Waals surface area (Å²) in [5.41, 5.74) is 2.30. The number of pyridine rings is 1. The number of hydrogen-bond acceptors (Lipinski definition) is 8. The molecule has 3 rings (SSSR count). The number of rotatable bonds is 7. The number of hydrogen-bond donors (Lipinski definition) is 2. The van der Waals surface area contributed by atoms with E-state index in [1.807, 2.05) is 0 Å². The van der Waals surface area contributed by atoms with Gasteiger partial charge in [0.1, 0.15) is 17.4 Å². The lowest BCUT2D eigenvalue weighted by atomic mass is 10.1. The van der Waals surface area contributed by atoms with Gasteiger partial charge in [-0.2, -0.15) is 0 Å². The van der Waals surface area contributed by atoms with E-state index < -0.39 is 16.1 Å². The Kier molecular flexibility index (Phi) is 5.89. The van der Waals surface area contributed by atoms with E-state index in [4.69, 9.17) is 5.14 Å². The molecule has 0 bridgehead atoms. The monoisotopic (exact) mass is 415 g/mol. The van der Waals surface area contributed by atoms with Crippen LogP contribution < -0.4 is 20.5 Å². The van der Waals surface area contributed by atoms with Crippen molar-refractivity contribution in [1.29, 1.82) is 0 Å². The van der Waals surface area contributed by atoms with Crippen LogP contribution in [-0.4, -0.2) is 42.6 Å². The summed E-state index contributed by atoms with van der Waals surface area (Å²) in [7, 11) is -3.73. The fraction of sp³-hybridized carbons (Fsp3) is 0.222. The van der Waals surface area contributed by atoms with E-state index in [0.717, 1.165) is 10.5 Å². The maximum absolute atomic E-state index is 11.3. The first kappa shape index (κ1) is 20.4. The van der Waals surface area contributed by atoms with Gasteiger partial charge in [0.2, 0.25) is 10.0 Å². The number of carbonyl (C=O) groups excluding carboxylic acids is 1. The average molecular weight is 415 g/mol.